The Labute approximate surface area is 129 Å². The van der Waals surface area contributed by atoms with Gasteiger partial charge in [0.15, 0.2) is 0 Å². The van der Waals surface area contributed by atoms with E-state index in [1.54, 1.807) is 12.3 Å². The number of morpholine rings is 1. The van der Waals surface area contributed by atoms with E-state index in [9.17, 15) is 4.79 Å². The van der Waals surface area contributed by atoms with Crippen LogP contribution in [0.3, 0.4) is 0 Å². The summed E-state index contributed by atoms with van der Waals surface area (Å²) < 4.78 is 5.27. The molecule has 0 unspecified atom stereocenters. The highest BCUT2D eigenvalue weighted by Gasteiger charge is 2.09. The van der Waals surface area contributed by atoms with Gasteiger partial charge in [-0.2, -0.15) is 0 Å². The molecule has 0 aliphatic carbocycles. The largest absolute Gasteiger partial charge is 0.379 e. The summed E-state index contributed by atoms with van der Waals surface area (Å²) in [6.45, 7) is 4.85. The Kier molecular flexibility index (Phi) is 6.53. The van der Waals surface area contributed by atoms with Crippen molar-refractivity contribution >= 4 is 23.7 Å². The highest BCUT2D eigenvalue weighted by atomic mass is 35.5. The molecule has 114 valence electrons. The number of urea groups is 1. The maximum Gasteiger partial charge on any atom is 0.318 e. The molecule has 0 atom stereocenters. The topological polar surface area (TPSA) is 53.6 Å². The third-order valence-corrected chi connectivity index (χ3v) is 3.54. The van der Waals surface area contributed by atoms with Gasteiger partial charge in [0.2, 0.25) is 0 Å². The second-order valence-corrected chi connectivity index (χ2v) is 5.12. The predicted molar refractivity (Wildman–Crippen MR) is 84.3 cm³/mol. The molecule has 0 aromatic heterocycles. The van der Waals surface area contributed by atoms with Crippen LogP contribution in [0.5, 0.6) is 0 Å². The molecule has 0 spiro atoms. The fraction of sp³-hybridized carbons (Fsp3) is 0.400. The zero-order valence-corrected chi connectivity index (χ0v) is 12.6. The van der Waals surface area contributed by atoms with Gasteiger partial charge in [0.1, 0.15) is 0 Å². The lowest BCUT2D eigenvalue weighted by Gasteiger charge is -2.26. The van der Waals surface area contributed by atoms with E-state index in [1.165, 1.54) is 0 Å². The van der Waals surface area contributed by atoms with E-state index in [4.69, 9.17) is 16.3 Å². The summed E-state index contributed by atoms with van der Waals surface area (Å²) in [4.78, 5) is 13.9. The van der Waals surface area contributed by atoms with E-state index in [2.05, 4.69) is 15.5 Å². The van der Waals surface area contributed by atoms with Crippen LogP contribution >= 0.6 is 11.6 Å². The van der Waals surface area contributed by atoms with Gasteiger partial charge in [-0.3, -0.25) is 4.90 Å². The molecule has 1 aromatic carbocycles. The van der Waals surface area contributed by atoms with Crippen molar-refractivity contribution in [2.75, 3.05) is 39.4 Å². The standard InChI is InChI=1S/C15H20ClN3O2/c16-14-4-2-1-3-13(14)5-6-17-15(20)18-7-8-19-9-11-21-12-10-19/h1-6H,7-12H2,(H2,17,18,20)/b6-5+. The molecule has 2 amide bonds. The number of hydrogen-bond acceptors (Lipinski definition) is 3. The summed E-state index contributed by atoms with van der Waals surface area (Å²) in [7, 11) is 0. The van der Waals surface area contributed by atoms with Crippen molar-refractivity contribution in [1.82, 2.24) is 15.5 Å². The first-order chi connectivity index (χ1) is 10.3. The van der Waals surface area contributed by atoms with Crippen LogP contribution < -0.4 is 10.6 Å². The van der Waals surface area contributed by atoms with E-state index in [0.717, 1.165) is 38.4 Å². The molecular formula is C15H20ClN3O2. The van der Waals surface area contributed by atoms with Crippen molar-refractivity contribution in [3.63, 3.8) is 0 Å². The summed E-state index contributed by atoms with van der Waals surface area (Å²) in [6, 6.07) is 7.24. The molecule has 1 fully saturated rings. The highest BCUT2D eigenvalue weighted by Crippen LogP contribution is 2.15. The number of rotatable bonds is 5. The molecule has 21 heavy (non-hydrogen) atoms. The van der Waals surface area contributed by atoms with Gasteiger partial charge < -0.3 is 15.4 Å². The molecule has 1 heterocycles. The lowest BCUT2D eigenvalue weighted by Crippen LogP contribution is -2.42. The maximum absolute atomic E-state index is 11.6. The normalized spacial score (nSPS) is 16.0. The van der Waals surface area contributed by atoms with Gasteiger partial charge in [-0.25, -0.2) is 4.79 Å². The zero-order valence-electron chi connectivity index (χ0n) is 11.8. The third kappa shape index (κ3) is 5.75. The molecular weight excluding hydrogens is 290 g/mol. The van der Waals surface area contributed by atoms with Crippen molar-refractivity contribution < 1.29 is 9.53 Å². The van der Waals surface area contributed by atoms with Gasteiger partial charge in [-0.1, -0.05) is 29.8 Å². The first-order valence-electron chi connectivity index (χ1n) is 7.01. The van der Waals surface area contributed by atoms with E-state index >= 15 is 0 Å². The number of hydrogen-bond donors (Lipinski definition) is 2. The van der Waals surface area contributed by atoms with Crippen molar-refractivity contribution in [2.24, 2.45) is 0 Å². The van der Waals surface area contributed by atoms with Crippen molar-refractivity contribution in [2.45, 2.75) is 0 Å². The van der Waals surface area contributed by atoms with Crippen molar-refractivity contribution in [1.29, 1.82) is 0 Å². The minimum absolute atomic E-state index is 0.216. The Bertz CT molecular complexity index is 488. The second-order valence-electron chi connectivity index (χ2n) is 4.71. The minimum Gasteiger partial charge on any atom is -0.379 e. The van der Waals surface area contributed by atoms with Crippen LogP contribution in [0.1, 0.15) is 5.56 Å². The van der Waals surface area contributed by atoms with Crippen LogP contribution in [-0.2, 0) is 4.74 Å². The number of ether oxygens (including phenoxy) is 1. The zero-order chi connectivity index (χ0) is 14.9. The number of benzene rings is 1. The Morgan fingerprint density at radius 1 is 1.33 bits per heavy atom. The van der Waals surface area contributed by atoms with E-state index in [1.807, 2.05) is 24.3 Å². The molecule has 1 aliphatic rings. The molecule has 2 N–H and O–H groups in total. The SMILES string of the molecule is O=C(N/C=C/c1ccccc1Cl)NCCN1CCOCC1. The average molecular weight is 310 g/mol. The van der Waals surface area contributed by atoms with Gasteiger partial charge in [-0.05, 0) is 17.7 Å². The molecule has 0 bridgehead atoms. The summed E-state index contributed by atoms with van der Waals surface area (Å²) >= 11 is 6.01. The Morgan fingerprint density at radius 2 is 2.10 bits per heavy atom. The van der Waals surface area contributed by atoms with Crippen molar-refractivity contribution in [3.8, 4) is 0 Å². The fourth-order valence-electron chi connectivity index (χ4n) is 2.02. The van der Waals surface area contributed by atoms with Crippen LogP contribution in [0.25, 0.3) is 6.08 Å². The number of nitrogens with zero attached hydrogens (tertiary/aromatic N) is 1. The average Bonchev–Trinajstić information content (AvgIpc) is 2.50. The first kappa shape index (κ1) is 15.8. The Hall–Kier alpha value is -1.56. The molecule has 6 heteroatoms. The molecule has 2 rings (SSSR count). The number of amides is 2. The third-order valence-electron chi connectivity index (χ3n) is 3.20. The van der Waals surface area contributed by atoms with E-state index in [0.29, 0.717) is 11.6 Å². The quantitative estimate of drug-likeness (QED) is 0.874. The molecule has 0 radical (unpaired) electrons. The van der Waals surface area contributed by atoms with Crippen LogP contribution in [0.2, 0.25) is 5.02 Å². The predicted octanol–water partition coefficient (Wildman–Crippen LogP) is 1.94. The van der Waals surface area contributed by atoms with E-state index in [-0.39, 0.29) is 6.03 Å². The molecule has 5 nitrogen and oxygen atoms in total. The Balaban J connectivity index is 1.64. The fourth-order valence-corrected chi connectivity index (χ4v) is 2.22. The molecule has 1 saturated heterocycles. The maximum atomic E-state index is 11.6. The van der Waals surface area contributed by atoms with Crippen molar-refractivity contribution in [3.05, 3.63) is 41.1 Å². The first-order valence-corrected chi connectivity index (χ1v) is 7.39. The molecule has 1 aromatic rings. The number of nitrogens with one attached hydrogen (secondary N) is 2. The lowest BCUT2D eigenvalue weighted by molar-refractivity contribution is 0.0387. The number of carbonyl (C=O) groups is 1. The summed E-state index contributed by atoms with van der Waals surface area (Å²) in [6.07, 6.45) is 3.36. The monoisotopic (exact) mass is 309 g/mol. The lowest BCUT2D eigenvalue weighted by atomic mass is 10.2. The van der Waals surface area contributed by atoms with Gasteiger partial charge in [0, 0.05) is 37.4 Å². The van der Waals surface area contributed by atoms with Crippen LogP contribution in [0.15, 0.2) is 30.5 Å². The van der Waals surface area contributed by atoms with Gasteiger partial charge in [-0.15, -0.1) is 0 Å². The van der Waals surface area contributed by atoms with Crippen LogP contribution in [0, 0.1) is 0 Å². The molecule has 1 aliphatic heterocycles. The van der Waals surface area contributed by atoms with Gasteiger partial charge in [0.25, 0.3) is 0 Å². The second kappa shape index (κ2) is 8.67. The van der Waals surface area contributed by atoms with Crippen LogP contribution in [0.4, 0.5) is 4.79 Å². The van der Waals surface area contributed by atoms with Gasteiger partial charge in [0.05, 0.1) is 13.2 Å². The number of carbonyl (C=O) groups excluding carboxylic acids is 1. The molecule has 0 saturated carbocycles. The minimum atomic E-state index is -0.216. The summed E-state index contributed by atoms with van der Waals surface area (Å²) in [5.74, 6) is 0. The van der Waals surface area contributed by atoms with Gasteiger partial charge >= 0.3 is 6.03 Å². The highest BCUT2D eigenvalue weighted by molar-refractivity contribution is 6.32. The van der Waals surface area contributed by atoms with E-state index < -0.39 is 0 Å². The summed E-state index contributed by atoms with van der Waals surface area (Å²) in [5, 5.41) is 6.13. The van der Waals surface area contributed by atoms with Crippen LogP contribution in [-0.4, -0.2) is 50.3 Å². The smallest absolute Gasteiger partial charge is 0.318 e. The summed E-state index contributed by atoms with van der Waals surface area (Å²) in [5.41, 5.74) is 0.868. The number of halogens is 1. The Morgan fingerprint density at radius 3 is 2.86 bits per heavy atom.